The first-order valence-corrected chi connectivity index (χ1v) is 4.13. The lowest BCUT2D eigenvalue weighted by molar-refractivity contribution is -0.140. The van der Waals surface area contributed by atoms with Crippen molar-refractivity contribution < 1.29 is 9.53 Å². The molecule has 13 heavy (non-hydrogen) atoms. The molecule has 1 heterocycles. The van der Waals surface area contributed by atoms with Gasteiger partial charge in [-0.25, -0.2) is 9.97 Å². The van der Waals surface area contributed by atoms with Crippen LogP contribution in [0.5, 0.6) is 0 Å². The van der Waals surface area contributed by atoms with Gasteiger partial charge in [-0.1, -0.05) is 11.6 Å². The summed E-state index contributed by atoms with van der Waals surface area (Å²) in [5.41, 5.74) is 0.759. The minimum absolute atomic E-state index is 0.264. The van der Waals surface area contributed by atoms with Crippen LogP contribution in [0, 0.1) is 0 Å². The number of methoxy groups -OCH3 is 1. The first-order valence-electron chi connectivity index (χ1n) is 3.75. The molecule has 4 nitrogen and oxygen atoms in total. The highest BCUT2D eigenvalue weighted by Crippen LogP contribution is 2.12. The van der Waals surface area contributed by atoms with Gasteiger partial charge in [-0.05, 0) is 6.42 Å². The van der Waals surface area contributed by atoms with Crippen molar-refractivity contribution in [2.45, 2.75) is 12.8 Å². The van der Waals surface area contributed by atoms with Crippen LogP contribution < -0.4 is 0 Å². The summed E-state index contributed by atoms with van der Waals surface area (Å²) in [6.45, 7) is 0. The molecule has 0 saturated carbocycles. The minimum Gasteiger partial charge on any atom is -0.469 e. The van der Waals surface area contributed by atoms with E-state index in [4.69, 9.17) is 11.6 Å². The number of aromatic nitrogens is 2. The Bertz CT molecular complexity index is 304. The molecule has 0 saturated heterocycles. The molecule has 1 aromatic heterocycles. The van der Waals surface area contributed by atoms with E-state index in [9.17, 15) is 4.79 Å². The van der Waals surface area contributed by atoms with Crippen molar-refractivity contribution in [1.29, 1.82) is 0 Å². The number of aryl methyl sites for hydroxylation is 1. The van der Waals surface area contributed by atoms with E-state index in [2.05, 4.69) is 14.7 Å². The maximum Gasteiger partial charge on any atom is 0.305 e. The Balaban J connectivity index is 2.54. The Morgan fingerprint density at radius 3 is 3.08 bits per heavy atom. The smallest absolute Gasteiger partial charge is 0.305 e. The second kappa shape index (κ2) is 4.77. The third-order valence-corrected chi connectivity index (χ3v) is 1.90. The van der Waals surface area contributed by atoms with E-state index in [0.29, 0.717) is 18.0 Å². The molecule has 1 aromatic rings. The Hall–Kier alpha value is -1.16. The van der Waals surface area contributed by atoms with Crippen LogP contribution in [0.15, 0.2) is 12.5 Å². The molecular weight excluding hydrogens is 192 g/mol. The Morgan fingerprint density at radius 1 is 1.69 bits per heavy atom. The summed E-state index contributed by atoms with van der Waals surface area (Å²) in [4.78, 5) is 18.4. The van der Waals surface area contributed by atoms with Gasteiger partial charge in [-0.2, -0.15) is 0 Å². The van der Waals surface area contributed by atoms with Gasteiger partial charge < -0.3 is 4.74 Å². The number of nitrogens with zero attached hydrogens (tertiary/aromatic N) is 2. The summed E-state index contributed by atoms with van der Waals surface area (Å²) < 4.78 is 4.49. The van der Waals surface area contributed by atoms with Crippen LogP contribution >= 0.6 is 11.6 Å². The predicted octanol–water partition coefficient (Wildman–Crippen LogP) is 1.24. The maximum absolute atomic E-state index is 10.8. The zero-order valence-corrected chi connectivity index (χ0v) is 7.91. The maximum atomic E-state index is 10.8. The molecule has 0 aromatic carbocycles. The van der Waals surface area contributed by atoms with Crippen LogP contribution in [0.4, 0.5) is 0 Å². The fraction of sp³-hybridized carbons (Fsp3) is 0.375. The van der Waals surface area contributed by atoms with Gasteiger partial charge in [0.15, 0.2) is 0 Å². The normalized spacial score (nSPS) is 9.69. The highest BCUT2D eigenvalue weighted by Gasteiger charge is 2.05. The quantitative estimate of drug-likeness (QED) is 0.544. The summed E-state index contributed by atoms with van der Waals surface area (Å²) in [5, 5.41) is 0.388. The molecule has 0 atom stereocenters. The van der Waals surface area contributed by atoms with Crippen molar-refractivity contribution >= 4 is 17.6 Å². The first kappa shape index (κ1) is 9.92. The van der Waals surface area contributed by atoms with Gasteiger partial charge >= 0.3 is 5.97 Å². The topological polar surface area (TPSA) is 52.1 Å². The molecule has 0 fully saturated rings. The van der Waals surface area contributed by atoms with Gasteiger partial charge in [0, 0.05) is 18.2 Å². The van der Waals surface area contributed by atoms with E-state index < -0.39 is 0 Å². The van der Waals surface area contributed by atoms with Crippen molar-refractivity contribution in [1.82, 2.24) is 9.97 Å². The van der Waals surface area contributed by atoms with Crippen molar-refractivity contribution in [2.75, 3.05) is 7.11 Å². The van der Waals surface area contributed by atoms with E-state index in [1.54, 1.807) is 6.20 Å². The number of ether oxygens (including phenoxy) is 1. The molecule has 0 N–H and O–H groups in total. The number of carbonyl (C=O) groups excluding carboxylic acids is 1. The van der Waals surface area contributed by atoms with Gasteiger partial charge in [0.2, 0.25) is 0 Å². The second-order valence-electron chi connectivity index (χ2n) is 2.41. The third-order valence-electron chi connectivity index (χ3n) is 1.56. The molecule has 0 spiro atoms. The zero-order chi connectivity index (χ0) is 9.68. The summed E-state index contributed by atoms with van der Waals surface area (Å²) >= 11 is 5.75. The van der Waals surface area contributed by atoms with Gasteiger partial charge in [0.25, 0.3) is 0 Å². The van der Waals surface area contributed by atoms with E-state index in [0.717, 1.165) is 5.56 Å². The van der Waals surface area contributed by atoms with Gasteiger partial charge in [-0.15, -0.1) is 0 Å². The van der Waals surface area contributed by atoms with Crippen LogP contribution in [0.3, 0.4) is 0 Å². The average molecular weight is 201 g/mol. The molecule has 0 radical (unpaired) electrons. The molecular formula is C8H9ClN2O2. The van der Waals surface area contributed by atoms with Gasteiger partial charge in [-0.3, -0.25) is 4.79 Å². The fourth-order valence-electron chi connectivity index (χ4n) is 0.850. The summed E-state index contributed by atoms with van der Waals surface area (Å²) in [6, 6.07) is 0. The van der Waals surface area contributed by atoms with Crippen LogP contribution in [0.25, 0.3) is 0 Å². The number of halogens is 1. The molecule has 1 rings (SSSR count). The predicted molar refractivity (Wildman–Crippen MR) is 47.4 cm³/mol. The molecule has 0 aliphatic rings. The van der Waals surface area contributed by atoms with Crippen molar-refractivity contribution in [2.24, 2.45) is 0 Å². The lowest BCUT2D eigenvalue weighted by Crippen LogP contribution is -2.02. The minimum atomic E-state index is -0.264. The molecule has 0 bridgehead atoms. The highest BCUT2D eigenvalue weighted by molar-refractivity contribution is 6.30. The zero-order valence-electron chi connectivity index (χ0n) is 7.16. The fourth-order valence-corrected chi connectivity index (χ4v) is 1.04. The summed E-state index contributed by atoms with van der Waals surface area (Å²) in [6.07, 6.45) is 3.76. The average Bonchev–Trinajstić information content (AvgIpc) is 2.16. The highest BCUT2D eigenvalue weighted by atomic mass is 35.5. The molecule has 5 heteroatoms. The molecule has 0 amide bonds. The molecule has 0 unspecified atom stereocenters. The monoisotopic (exact) mass is 200 g/mol. The van der Waals surface area contributed by atoms with Gasteiger partial charge in [0.05, 0.1) is 7.11 Å². The summed E-state index contributed by atoms with van der Waals surface area (Å²) in [7, 11) is 1.35. The molecule has 0 aliphatic carbocycles. The number of rotatable bonds is 3. The molecule has 0 aliphatic heterocycles. The van der Waals surface area contributed by atoms with E-state index in [1.807, 2.05) is 0 Å². The SMILES string of the molecule is COC(=O)CCc1cncnc1Cl. The lowest BCUT2D eigenvalue weighted by atomic mass is 10.2. The molecule has 70 valence electrons. The number of hydrogen-bond donors (Lipinski definition) is 0. The number of esters is 1. The first-order chi connectivity index (χ1) is 6.24. The Labute approximate surface area is 80.9 Å². The van der Waals surface area contributed by atoms with E-state index in [1.165, 1.54) is 13.4 Å². The Kier molecular flexibility index (Phi) is 3.64. The van der Waals surface area contributed by atoms with Crippen LogP contribution in [0.1, 0.15) is 12.0 Å². The Morgan fingerprint density at radius 2 is 2.46 bits per heavy atom. The van der Waals surface area contributed by atoms with Crippen molar-refractivity contribution in [3.63, 3.8) is 0 Å². The standard InChI is InChI=1S/C8H9ClN2O2/c1-13-7(12)3-2-6-4-10-5-11-8(6)9/h4-5H,2-3H2,1H3. The number of carbonyl (C=O) groups is 1. The van der Waals surface area contributed by atoms with Crippen molar-refractivity contribution in [3.05, 3.63) is 23.2 Å². The number of hydrogen-bond acceptors (Lipinski definition) is 4. The summed E-state index contributed by atoms with van der Waals surface area (Å²) in [5.74, 6) is -0.264. The van der Waals surface area contributed by atoms with Crippen LogP contribution in [0.2, 0.25) is 5.15 Å². The largest absolute Gasteiger partial charge is 0.469 e. The van der Waals surface area contributed by atoms with E-state index in [-0.39, 0.29) is 5.97 Å². The van der Waals surface area contributed by atoms with Crippen LogP contribution in [-0.2, 0) is 16.0 Å². The lowest BCUT2D eigenvalue weighted by Gasteiger charge is -2.00. The van der Waals surface area contributed by atoms with Crippen molar-refractivity contribution in [3.8, 4) is 0 Å². The van der Waals surface area contributed by atoms with Gasteiger partial charge in [0.1, 0.15) is 11.5 Å². The second-order valence-corrected chi connectivity index (χ2v) is 2.77. The van der Waals surface area contributed by atoms with Crippen LogP contribution in [-0.4, -0.2) is 23.0 Å². The van der Waals surface area contributed by atoms with E-state index >= 15 is 0 Å². The third kappa shape index (κ3) is 2.99.